The van der Waals surface area contributed by atoms with Crippen molar-refractivity contribution in [1.82, 2.24) is 15.5 Å². The molecule has 5 nitrogen and oxygen atoms in total. The van der Waals surface area contributed by atoms with Gasteiger partial charge in [-0.15, -0.1) is 0 Å². The van der Waals surface area contributed by atoms with Crippen LogP contribution in [0.15, 0.2) is 6.07 Å². The van der Waals surface area contributed by atoms with Crippen molar-refractivity contribution in [3.8, 4) is 0 Å². The van der Waals surface area contributed by atoms with Crippen LogP contribution in [0.5, 0.6) is 0 Å². The number of carbonyl (C=O) groups is 1. The predicted octanol–water partition coefficient (Wildman–Crippen LogP) is 1.86. The zero-order chi connectivity index (χ0) is 14.0. The Morgan fingerprint density at radius 1 is 1.53 bits per heavy atom. The van der Waals surface area contributed by atoms with Crippen LogP contribution in [0.4, 0.5) is 0 Å². The standard InChI is InChI=1S/C14H23N3O2/c1-14(2,3)12-7-11(16-17-12)13(18)15-10-6-5-9(10)8-19-4/h7,9-10H,5-6,8H2,1-4H3,(H,15,18)(H,16,17)/t9-,10-/m1/s1. The van der Waals surface area contributed by atoms with E-state index in [1.54, 1.807) is 7.11 Å². The number of H-pyrrole nitrogens is 1. The number of hydrogen-bond acceptors (Lipinski definition) is 3. The van der Waals surface area contributed by atoms with Crippen molar-refractivity contribution in [2.75, 3.05) is 13.7 Å². The molecule has 2 atom stereocenters. The van der Waals surface area contributed by atoms with E-state index in [2.05, 4.69) is 36.3 Å². The molecule has 0 aliphatic heterocycles. The number of amides is 1. The zero-order valence-electron chi connectivity index (χ0n) is 12.1. The Balaban J connectivity index is 1.95. The molecule has 1 aromatic rings. The average Bonchev–Trinajstić information content (AvgIpc) is 2.80. The number of aromatic amines is 1. The van der Waals surface area contributed by atoms with Crippen molar-refractivity contribution in [1.29, 1.82) is 0 Å². The molecular weight excluding hydrogens is 242 g/mol. The molecule has 5 heteroatoms. The molecule has 2 rings (SSSR count). The third-order valence-corrected chi connectivity index (χ3v) is 3.73. The summed E-state index contributed by atoms with van der Waals surface area (Å²) in [6, 6.07) is 2.06. The molecule has 0 spiro atoms. The van der Waals surface area contributed by atoms with Gasteiger partial charge in [-0.3, -0.25) is 9.89 Å². The first-order chi connectivity index (χ1) is 8.91. The van der Waals surface area contributed by atoms with Crippen molar-refractivity contribution in [3.05, 3.63) is 17.5 Å². The van der Waals surface area contributed by atoms with Crippen molar-refractivity contribution in [3.63, 3.8) is 0 Å². The van der Waals surface area contributed by atoms with E-state index in [0.717, 1.165) is 18.5 Å². The minimum absolute atomic E-state index is 0.0272. The Labute approximate surface area is 114 Å². The highest BCUT2D eigenvalue weighted by Crippen LogP contribution is 2.28. The van der Waals surface area contributed by atoms with Gasteiger partial charge in [-0.2, -0.15) is 5.10 Å². The summed E-state index contributed by atoms with van der Waals surface area (Å²) in [6.45, 7) is 6.97. The van der Waals surface area contributed by atoms with E-state index < -0.39 is 0 Å². The van der Waals surface area contributed by atoms with Gasteiger partial charge >= 0.3 is 0 Å². The number of hydrogen-bond donors (Lipinski definition) is 2. The molecule has 1 heterocycles. The molecule has 1 aromatic heterocycles. The van der Waals surface area contributed by atoms with Gasteiger partial charge in [-0.1, -0.05) is 20.8 Å². The van der Waals surface area contributed by atoms with Gasteiger partial charge in [0.1, 0.15) is 5.69 Å². The van der Waals surface area contributed by atoms with Crippen LogP contribution in [0.2, 0.25) is 0 Å². The summed E-state index contributed by atoms with van der Waals surface area (Å²) < 4.78 is 5.14. The van der Waals surface area contributed by atoms with E-state index in [9.17, 15) is 4.79 Å². The van der Waals surface area contributed by atoms with E-state index in [0.29, 0.717) is 18.2 Å². The second-order valence-electron chi connectivity index (χ2n) is 6.29. The van der Waals surface area contributed by atoms with Gasteiger partial charge in [0.05, 0.1) is 6.61 Å². The smallest absolute Gasteiger partial charge is 0.272 e. The Morgan fingerprint density at radius 3 is 2.74 bits per heavy atom. The van der Waals surface area contributed by atoms with E-state index in [-0.39, 0.29) is 17.4 Å². The lowest BCUT2D eigenvalue weighted by Crippen LogP contribution is -2.48. The van der Waals surface area contributed by atoms with E-state index in [1.807, 2.05) is 6.07 Å². The van der Waals surface area contributed by atoms with Gasteiger partial charge in [0.15, 0.2) is 0 Å². The first kappa shape index (κ1) is 14.1. The zero-order valence-corrected chi connectivity index (χ0v) is 12.1. The second-order valence-corrected chi connectivity index (χ2v) is 6.29. The third kappa shape index (κ3) is 3.15. The van der Waals surface area contributed by atoms with Crippen LogP contribution in [0, 0.1) is 5.92 Å². The van der Waals surface area contributed by atoms with E-state index in [1.165, 1.54) is 0 Å². The first-order valence-electron chi connectivity index (χ1n) is 6.77. The highest BCUT2D eigenvalue weighted by atomic mass is 16.5. The Hall–Kier alpha value is -1.36. The van der Waals surface area contributed by atoms with E-state index in [4.69, 9.17) is 4.74 Å². The molecule has 1 aliphatic carbocycles. The van der Waals surface area contributed by atoms with Crippen LogP contribution in [0.1, 0.15) is 49.8 Å². The van der Waals surface area contributed by atoms with Crippen LogP contribution >= 0.6 is 0 Å². The number of nitrogens with zero attached hydrogens (tertiary/aromatic N) is 1. The molecule has 0 saturated heterocycles. The van der Waals surface area contributed by atoms with Gasteiger partial charge in [0.2, 0.25) is 0 Å². The summed E-state index contributed by atoms with van der Waals surface area (Å²) in [6.07, 6.45) is 2.14. The third-order valence-electron chi connectivity index (χ3n) is 3.73. The minimum Gasteiger partial charge on any atom is -0.384 e. The lowest BCUT2D eigenvalue weighted by atomic mass is 9.80. The summed E-state index contributed by atoms with van der Waals surface area (Å²) in [5.74, 6) is 0.340. The molecule has 1 fully saturated rings. The maximum absolute atomic E-state index is 12.1. The van der Waals surface area contributed by atoms with Crippen molar-refractivity contribution < 1.29 is 9.53 Å². The van der Waals surface area contributed by atoms with Gasteiger partial charge in [0, 0.05) is 30.2 Å². The molecule has 106 valence electrons. The highest BCUT2D eigenvalue weighted by Gasteiger charge is 2.32. The molecule has 0 bridgehead atoms. The van der Waals surface area contributed by atoms with Crippen LogP contribution in [-0.2, 0) is 10.2 Å². The number of aromatic nitrogens is 2. The largest absolute Gasteiger partial charge is 0.384 e. The SMILES string of the molecule is COC[C@H]1CC[C@H]1NC(=O)c1cc(C(C)(C)C)[nH]n1. The summed E-state index contributed by atoms with van der Waals surface area (Å²) in [4.78, 5) is 12.1. The van der Waals surface area contributed by atoms with Gasteiger partial charge in [-0.25, -0.2) is 0 Å². The van der Waals surface area contributed by atoms with Crippen LogP contribution in [0.3, 0.4) is 0 Å². The monoisotopic (exact) mass is 265 g/mol. The number of ether oxygens (including phenoxy) is 1. The van der Waals surface area contributed by atoms with Crippen LogP contribution < -0.4 is 5.32 Å². The Morgan fingerprint density at radius 2 is 2.26 bits per heavy atom. The molecule has 1 amide bonds. The summed E-state index contributed by atoms with van der Waals surface area (Å²) in [5, 5.41) is 10.1. The van der Waals surface area contributed by atoms with Gasteiger partial charge in [0.25, 0.3) is 5.91 Å². The molecule has 0 radical (unpaired) electrons. The highest BCUT2D eigenvalue weighted by molar-refractivity contribution is 5.92. The maximum Gasteiger partial charge on any atom is 0.272 e. The molecule has 0 unspecified atom stereocenters. The summed E-state index contributed by atoms with van der Waals surface area (Å²) in [5.41, 5.74) is 1.41. The van der Waals surface area contributed by atoms with Crippen molar-refractivity contribution in [2.24, 2.45) is 5.92 Å². The number of methoxy groups -OCH3 is 1. The van der Waals surface area contributed by atoms with Crippen LogP contribution in [-0.4, -0.2) is 35.9 Å². The maximum atomic E-state index is 12.1. The Kier molecular flexibility index (Phi) is 3.94. The quantitative estimate of drug-likeness (QED) is 0.873. The Bertz CT molecular complexity index is 448. The topological polar surface area (TPSA) is 67.0 Å². The summed E-state index contributed by atoms with van der Waals surface area (Å²) >= 11 is 0. The normalized spacial score (nSPS) is 22.9. The van der Waals surface area contributed by atoms with Gasteiger partial charge < -0.3 is 10.1 Å². The molecular formula is C14H23N3O2. The molecule has 19 heavy (non-hydrogen) atoms. The molecule has 2 N–H and O–H groups in total. The van der Waals surface area contributed by atoms with Crippen molar-refractivity contribution >= 4 is 5.91 Å². The first-order valence-corrected chi connectivity index (χ1v) is 6.77. The fraction of sp³-hybridized carbons (Fsp3) is 0.714. The number of rotatable bonds is 4. The second kappa shape index (κ2) is 5.33. The number of nitrogens with one attached hydrogen (secondary N) is 2. The minimum atomic E-state index is -0.0995. The van der Waals surface area contributed by atoms with Crippen molar-refractivity contribution in [2.45, 2.75) is 45.1 Å². The average molecular weight is 265 g/mol. The van der Waals surface area contributed by atoms with E-state index >= 15 is 0 Å². The molecule has 0 aromatic carbocycles. The van der Waals surface area contributed by atoms with Gasteiger partial charge in [-0.05, 0) is 18.9 Å². The lowest BCUT2D eigenvalue weighted by Gasteiger charge is -2.36. The van der Waals surface area contributed by atoms with Crippen LogP contribution in [0.25, 0.3) is 0 Å². The number of carbonyl (C=O) groups excluding carboxylic acids is 1. The molecule has 1 saturated carbocycles. The predicted molar refractivity (Wildman–Crippen MR) is 73.1 cm³/mol. The fourth-order valence-corrected chi connectivity index (χ4v) is 2.24. The fourth-order valence-electron chi connectivity index (χ4n) is 2.24. The summed E-state index contributed by atoms with van der Waals surface area (Å²) in [7, 11) is 1.69. The molecule has 1 aliphatic rings. The lowest BCUT2D eigenvalue weighted by molar-refractivity contribution is 0.0668.